The Morgan fingerprint density at radius 1 is 1.06 bits per heavy atom. The van der Waals surface area contributed by atoms with Crippen LogP contribution in [-0.2, 0) is 14.3 Å². The van der Waals surface area contributed by atoms with Crippen molar-refractivity contribution in [3.05, 3.63) is 73.5 Å². The van der Waals surface area contributed by atoms with Gasteiger partial charge in [0.1, 0.15) is 41.0 Å². The molecule has 0 saturated carbocycles. The Morgan fingerprint density at radius 2 is 1.89 bits per heavy atom. The second-order valence-electron chi connectivity index (χ2n) is 11.4. The largest absolute Gasteiger partial charge is 0.495 e. The van der Waals surface area contributed by atoms with E-state index in [1.807, 2.05) is 18.2 Å². The van der Waals surface area contributed by atoms with Gasteiger partial charge in [-0.05, 0) is 43.2 Å². The van der Waals surface area contributed by atoms with Crippen LogP contribution in [0.5, 0.6) is 17.2 Å². The molecule has 1 atom stereocenters. The number of pyridine rings is 1. The molecule has 2 saturated heterocycles. The van der Waals surface area contributed by atoms with Gasteiger partial charge in [0, 0.05) is 69.1 Å². The highest BCUT2D eigenvalue weighted by Gasteiger charge is 2.24. The predicted octanol–water partition coefficient (Wildman–Crippen LogP) is 5.15. The van der Waals surface area contributed by atoms with E-state index >= 15 is 4.39 Å². The number of nitrogens with zero attached hydrogens (tertiary/aromatic N) is 5. The average molecular weight is 644 g/mol. The number of morpholine rings is 1. The molecule has 0 unspecified atom stereocenters. The number of nitrogens with one attached hydrogen (secondary N) is 2. The maximum absolute atomic E-state index is 15.4. The molecule has 2 N–H and O–H groups in total. The molecular weight excluding hydrogens is 605 g/mol. The quantitative estimate of drug-likeness (QED) is 0.211. The van der Waals surface area contributed by atoms with Crippen LogP contribution in [0.25, 0.3) is 10.9 Å². The van der Waals surface area contributed by atoms with Crippen LogP contribution in [0.2, 0.25) is 0 Å². The minimum absolute atomic E-state index is 0.0370. The summed E-state index contributed by atoms with van der Waals surface area (Å²) in [7, 11) is 3.25. The molecule has 13 heteroatoms. The number of methoxy groups -OCH3 is 2. The Balaban J connectivity index is 1.16. The number of benzene rings is 2. The average Bonchev–Trinajstić information content (AvgIpc) is 3.10. The summed E-state index contributed by atoms with van der Waals surface area (Å²) < 4.78 is 38.1. The van der Waals surface area contributed by atoms with Crippen molar-refractivity contribution in [1.29, 1.82) is 0 Å². The van der Waals surface area contributed by atoms with Crippen LogP contribution >= 0.6 is 0 Å². The number of rotatable bonds is 11. The maximum atomic E-state index is 15.4. The van der Waals surface area contributed by atoms with Crippen molar-refractivity contribution in [1.82, 2.24) is 19.9 Å². The molecule has 2 aliphatic rings. The standard InChI is InChI=1S/C34H38FN7O5/c1-4-33(43)41-11-8-22(9-12-41)39-30-17-26-29(18-31(30)45-3)37-21-38-34(26)40-28-6-5-23(15-27(28)35)47-24-7-10-36-32(16-24)42-13-14-46-25(19-42)20-44-2/h4-7,10,15-18,21-22,25,39H,1,8-9,11-14,19-20H2,2-3H3,(H,37,38,40)/t25-/m0/s1. The lowest BCUT2D eigenvalue weighted by atomic mass is 10.0. The fourth-order valence-corrected chi connectivity index (χ4v) is 5.83. The summed E-state index contributed by atoms with van der Waals surface area (Å²) in [5, 5.41) is 7.37. The number of ether oxygens (including phenoxy) is 4. The highest BCUT2D eigenvalue weighted by Crippen LogP contribution is 2.35. The maximum Gasteiger partial charge on any atom is 0.245 e. The van der Waals surface area contributed by atoms with Gasteiger partial charge in [-0.1, -0.05) is 6.58 Å². The number of anilines is 4. The summed E-state index contributed by atoms with van der Waals surface area (Å²) in [4.78, 5) is 29.2. The molecule has 2 aliphatic heterocycles. The first kappa shape index (κ1) is 32.0. The summed E-state index contributed by atoms with van der Waals surface area (Å²) in [5.74, 6) is 2.14. The summed E-state index contributed by atoms with van der Waals surface area (Å²) in [6.45, 7) is 7.29. The first-order valence-electron chi connectivity index (χ1n) is 15.5. The zero-order valence-corrected chi connectivity index (χ0v) is 26.4. The molecule has 6 rings (SSSR count). The minimum atomic E-state index is -0.508. The van der Waals surface area contributed by atoms with E-state index in [1.165, 1.54) is 18.5 Å². The Labute approximate surface area is 272 Å². The van der Waals surface area contributed by atoms with Crippen LogP contribution < -0.4 is 25.0 Å². The molecule has 2 fully saturated rings. The van der Waals surface area contributed by atoms with Gasteiger partial charge in [0.25, 0.3) is 0 Å². The number of likely N-dealkylation sites (tertiary alicyclic amines) is 1. The van der Waals surface area contributed by atoms with Crippen LogP contribution in [-0.4, -0.2) is 91.5 Å². The van der Waals surface area contributed by atoms with Gasteiger partial charge in [-0.2, -0.15) is 0 Å². The Hall–Kier alpha value is -5.01. The van der Waals surface area contributed by atoms with Gasteiger partial charge in [0.05, 0.1) is 43.3 Å². The van der Waals surface area contributed by atoms with Gasteiger partial charge < -0.3 is 39.4 Å². The highest BCUT2D eigenvalue weighted by molar-refractivity contribution is 5.95. The third kappa shape index (κ3) is 7.53. The first-order valence-corrected chi connectivity index (χ1v) is 15.5. The van der Waals surface area contributed by atoms with E-state index in [0.29, 0.717) is 73.4 Å². The number of halogens is 1. The number of hydrogen-bond acceptors (Lipinski definition) is 11. The monoisotopic (exact) mass is 643 g/mol. The van der Waals surface area contributed by atoms with Crippen molar-refractivity contribution >= 4 is 39.8 Å². The third-order valence-electron chi connectivity index (χ3n) is 8.26. The molecule has 2 aromatic carbocycles. The lowest BCUT2D eigenvalue weighted by Crippen LogP contribution is -2.44. The molecule has 0 bridgehead atoms. The van der Waals surface area contributed by atoms with Crippen LogP contribution in [0.1, 0.15) is 12.8 Å². The van der Waals surface area contributed by atoms with Crippen molar-refractivity contribution in [3.63, 3.8) is 0 Å². The summed E-state index contributed by atoms with van der Waals surface area (Å²) >= 11 is 0. The molecule has 47 heavy (non-hydrogen) atoms. The molecule has 2 aromatic heterocycles. The van der Waals surface area contributed by atoms with E-state index in [-0.39, 0.29) is 23.7 Å². The minimum Gasteiger partial charge on any atom is -0.495 e. The van der Waals surface area contributed by atoms with E-state index in [4.69, 9.17) is 18.9 Å². The molecule has 0 aliphatic carbocycles. The van der Waals surface area contributed by atoms with Crippen molar-refractivity contribution in [3.8, 4) is 17.2 Å². The molecule has 12 nitrogen and oxygen atoms in total. The van der Waals surface area contributed by atoms with Gasteiger partial charge in [-0.25, -0.2) is 19.3 Å². The van der Waals surface area contributed by atoms with Crippen molar-refractivity contribution < 1.29 is 28.1 Å². The Bertz CT molecular complexity index is 1730. The Kier molecular flexibility index (Phi) is 9.93. The second kappa shape index (κ2) is 14.6. The number of carbonyl (C=O) groups is 1. The summed E-state index contributed by atoms with van der Waals surface area (Å²) in [6, 6.07) is 12.1. The first-order chi connectivity index (χ1) is 22.9. The smallest absolute Gasteiger partial charge is 0.245 e. The SMILES string of the molecule is C=CC(=O)N1CCC(Nc2cc3c(Nc4ccc(Oc5ccnc(N6CCO[C@H](COC)C6)c5)cc4F)ncnc3cc2OC)CC1. The summed E-state index contributed by atoms with van der Waals surface area (Å²) in [6.07, 6.45) is 5.96. The topological polar surface area (TPSA) is 123 Å². The van der Waals surface area contributed by atoms with Gasteiger partial charge in [-0.3, -0.25) is 4.79 Å². The molecule has 4 heterocycles. The number of piperidine rings is 1. The summed E-state index contributed by atoms with van der Waals surface area (Å²) in [5.41, 5.74) is 1.63. The van der Waals surface area contributed by atoms with Crippen LogP contribution in [0, 0.1) is 5.82 Å². The van der Waals surface area contributed by atoms with E-state index in [0.717, 1.165) is 24.3 Å². The normalized spacial score (nSPS) is 17.0. The van der Waals surface area contributed by atoms with Crippen molar-refractivity contribution in [2.45, 2.75) is 25.0 Å². The number of amides is 1. The van der Waals surface area contributed by atoms with Gasteiger partial charge in [0.2, 0.25) is 5.91 Å². The Morgan fingerprint density at radius 3 is 2.66 bits per heavy atom. The predicted molar refractivity (Wildman–Crippen MR) is 177 cm³/mol. The van der Waals surface area contributed by atoms with Gasteiger partial charge in [0.15, 0.2) is 0 Å². The van der Waals surface area contributed by atoms with Crippen molar-refractivity contribution in [2.75, 3.05) is 69.1 Å². The van der Waals surface area contributed by atoms with E-state index < -0.39 is 5.82 Å². The molecule has 1 amide bonds. The van der Waals surface area contributed by atoms with Crippen LogP contribution in [0.4, 0.5) is 27.4 Å². The molecule has 0 spiro atoms. The fraction of sp³-hybridized carbons (Fsp3) is 0.353. The molecule has 0 radical (unpaired) electrons. The van der Waals surface area contributed by atoms with E-state index in [1.54, 1.807) is 43.5 Å². The number of carbonyl (C=O) groups excluding carboxylic acids is 1. The van der Waals surface area contributed by atoms with Crippen molar-refractivity contribution in [2.24, 2.45) is 0 Å². The second-order valence-corrected chi connectivity index (χ2v) is 11.4. The van der Waals surface area contributed by atoms with Crippen LogP contribution in [0.15, 0.2) is 67.6 Å². The molecule has 246 valence electrons. The fourth-order valence-electron chi connectivity index (χ4n) is 5.83. The zero-order valence-electron chi connectivity index (χ0n) is 26.4. The highest BCUT2D eigenvalue weighted by atomic mass is 19.1. The number of hydrogen-bond donors (Lipinski definition) is 2. The van der Waals surface area contributed by atoms with Crippen LogP contribution in [0.3, 0.4) is 0 Å². The van der Waals surface area contributed by atoms with E-state index in [9.17, 15) is 4.79 Å². The number of fused-ring (bicyclic) bond motifs is 1. The van der Waals surface area contributed by atoms with E-state index in [2.05, 4.69) is 37.1 Å². The third-order valence-corrected chi connectivity index (χ3v) is 8.26. The zero-order chi connectivity index (χ0) is 32.8. The van der Waals surface area contributed by atoms with Gasteiger partial charge in [-0.15, -0.1) is 0 Å². The number of aromatic nitrogens is 3. The molecular formula is C34H38FN7O5. The molecule has 4 aromatic rings. The van der Waals surface area contributed by atoms with Gasteiger partial charge >= 0.3 is 0 Å². The lowest BCUT2D eigenvalue weighted by molar-refractivity contribution is -0.126. The lowest BCUT2D eigenvalue weighted by Gasteiger charge is -2.33.